The van der Waals surface area contributed by atoms with E-state index in [9.17, 15) is 4.79 Å². The highest BCUT2D eigenvalue weighted by Crippen LogP contribution is 2.19. The van der Waals surface area contributed by atoms with Gasteiger partial charge in [0, 0.05) is 12.2 Å². The molecule has 1 aromatic heterocycles. The van der Waals surface area contributed by atoms with Crippen molar-refractivity contribution in [2.24, 2.45) is 0 Å². The van der Waals surface area contributed by atoms with Crippen LogP contribution in [0.4, 0.5) is 5.69 Å². The third-order valence-electron chi connectivity index (χ3n) is 4.14. The van der Waals surface area contributed by atoms with Gasteiger partial charge >= 0.3 is 5.97 Å². The first-order chi connectivity index (χ1) is 13.2. The number of rotatable bonds is 8. The van der Waals surface area contributed by atoms with Gasteiger partial charge in [0.25, 0.3) is 0 Å². The molecule has 0 fully saturated rings. The average Bonchev–Trinajstić information content (AvgIpc) is 3.14. The summed E-state index contributed by atoms with van der Waals surface area (Å²) in [5.41, 5.74) is 2.57. The zero-order valence-corrected chi connectivity index (χ0v) is 15.6. The zero-order valence-electron chi connectivity index (χ0n) is 15.6. The molecule has 140 valence electrons. The minimum absolute atomic E-state index is 0.321. The van der Waals surface area contributed by atoms with Crippen LogP contribution in [0.1, 0.15) is 41.6 Å². The molecule has 0 N–H and O–H groups in total. The molecule has 0 saturated heterocycles. The summed E-state index contributed by atoms with van der Waals surface area (Å²) in [5.74, 6) is 0.815. The van der Waals surface area contributed by atoms with Gasteiger partial charge in [0.1, 0.15) is 0 Å². The molecule has 0 bridgehead atoms. The molecule has 3 rings (SSSR count). The molecule has 0 unspecified atom stereocenters. The lowest BCUT2D eigenvalue weighted by molar-refractivity contribution is 0.0526. The molecule has 0 aliphatic heterocycles. The van der Waals surface area contributed by atoms with Gasteiger partial charge in [-0.25, -0.2) is 4.79 Å². The van der Waals surface area contributed by atoms with Gasteiger partial charge in [0.15, 0.2) is 0 Å². The number of nitrogens with zero attached hydrogens (tertiary/aromatic N) is 3. The Balaban J connectivity index is 1.70. The zero-order chi connectivity index (χ0) is 19.1. The summed E-state index contributed by atoms with van der Waals surface area (Å²) in [6.07, 6.45) is 0.609. The summed E-state index contributed by atoms with van der Waals surface area (Å²) >= 11 is 0. The monoisotopic (exact) mass is 365 g/mol. The average molecular weight is 365 g/mol. The summed E-state index contributed by atoms with van der Waals surface area (Å²) in [4.78, 5) is 14.0. The molecule has 0 saturated carbocycles. The first-order valence-electron chi connectivity index (χ1n) is 9.07. The molecule has 2 aromatic carbocycles. The van der Waals surface area contributed by atoms with E-state index in [2.05, 4.69) is 15.1 Å². The lowest BCUT2D eigenvalue weighted by Gasteiger charge is -2.21. The first-order valence-corrected chi connectivity index (χ1v) is 9.07. The van der Waals surface area contributed by atoms with E-state index >= 15 is 0 Å². The van der Waals surface area contributed by atoms with E-state index in [0.717, 1.165) is 17.8 Å². The van der Waals surface area contributed by atoms with Crippen molar-refractivity contribution in [1.82, 2.24) is 10.2 Å². The number of aromatic nitrogens is 2. The second-order valence-corrected chi connectivity index (χ2v) is 6.04. The number of carbonyl (C=O) groups excluding carboxylic acids is 1. The Morgan fingerprint density at radius 1 is 1.04 bits per heavy atom. The predicted octanol–water partition coefficient (Wildman–Crippen LogP) is 3.86. The van der Waals surface area contributed by atoms with Crippen molar-refractivity contribution >= 4 is 11.7 Å². The largest absolute Gasteiger partial charge is 0.462 e. The third-order valence-corrected chi connectivity index (χ3v) is 4.14. The van der Waals surface area contributed by atoms with Gasteiger partial charge in [-0.05, 0) is 37.6 Å². The normalized spacial score (nSPS) is 10.6. The van der Waals surface area contributed by atoms with Crippen molar-refractivity contribution in [2.45, 2.75) is 26.8 Å². The summed E-state index contributed by atoms with van der Waals surface area (Å²) in [6.45, 7) is 5.40. The number of ether oxygens (including phenoxy) is 1. The molecule has 0 aliphatic carbocycles. The van der Waals surface area contributed by atoms with Crippen LogP contribution >= 0.6 is 0 Å². The van der Waals surface area contributed by atoms with Crippen LogP contribution in [-0.4, -0.2) is 29.3 Å². The molecule has 6 heteroatoms. The lowest BCUT2D eigenvalue weighted by Crippen LogP contribution is -2.22. The second-order valence-electron chi connectivity index (χ2n) is 6.04. The smallest absolute Gasteiger partial charge is 0.338 e. The van der Waals surface area contributed by atoms with E-state index in [-0.39, 0.29) is 5.97 Å². The molecule has 27 heavy (non-hydrogen) atoms. The number of esters is 1. The maximum absolute atomic E-state index is 12.0. The molecule has 1 heterocycles. The maximum Gasteiger partial charge on any atom is 0.338 e. The number of hydrogen-bond donors (Lipinski definition) is 0. The molecule has 6 nitrogen and oxygen atoms in total. The molecule has 0 atom stereocenters. The molecule has 0 radical (unpaired) electrons. The summed E-state index contributed by atoms with van der Waals surface area (Å²) in [7, 11) is 0. The highest BCUT2D eigenvalue weighted by Gasteiger charge is 2.14. The van der Waals surface area contributed by atoms with Gasteiger partial charge in [-0.1, -0.05) is 36.4 Å². The molecular weight excluding hydrogens is 342 g/mol. The molecule has 0 aliphatic rings. The molecule has 0 spiro atoms. The molecule has 0 amide bonds. The highest BCUT2D eigenvalue weighted by atomic mass is 16.5. The van der Waals surface area contributed by atoms with Gasteiger partial charge in [-0.15, -0.1) is 10.2 Å². The third kappa shape index (κ3) is 4.94. The minimum Gasteiger partial charge on any atom is -0.462 e. The van der Waals surface area contributed by atoms with Crippen molar-refractivity contribution in [2.75, 3.05) is 18.1 Å². The predicted molar refractivity (Wildman–Crippen MR) is 103 cm³/mol. The van der Waals surface area contributed by atoms with Gasteiger partial charge < -0.3 is 14.1 Å². The number of anilines is 1. The van der Waals surface area contributed by atoms with E-state index in [0.29, 0.717) is 36.9 Å². The summed E-state index contributed by atoms with van der Waals surface area (Å²) < 4.78 is 10.9. The number of carbonyl (C=O) groups is 1. The van der Waals surface area contributed by atoms with Crippen LogP contribution in [0, 0.1) is 0 Å². The SMILES string of the molecule is CCOC(=O)c1cccc(N(CC)Cc2nnc(Cc3ccccc3)o2)c1. The molecular formula is C21H23N3O3. The van der Waals surface area contributed by atoms with Gasteiger partial charge in [0.2, 0.25) is 11.8 Å². The fraction of sp³-hybridized carbons (Fsp3) is 0.286. The van der Waals surface area contributed by atoms with Crippen molar-refractivity contribution in [3.63, 3.8) is 0 Å². The van der Waals surface area contributed by atoms with Crippen LogP contribution < -0.4 is 4.90 Å². The number of hydrogen-bond acceptors (Lipinski definition) is 6. The van der Waals surface area contributed by atoms with Crippen LogP contribution in [0.3, 0.4) is 0 Å². The highest BCUT2D eigenvalue weighted by molar-refractivity contribution is 5.90. The summed E-state index contributed by atoms with van der Waals surface area (Å²) in [6, 6.07) is 17.4. The summed E-state index contributed by atoms with van der Waals surface area (Å²) in [5, 5.41) is 8.31. The van der Waals surface area contributed by atoms with Gasteiger partial charge in [-0.2, -0.15) is 0 Å². The van der Waals surface area contributed by atoms with Crippen molar-refractivity contribution in [3.8, 4) is 0 Å². The first kappa shape index (κ1) is 18.6. The van der Waals surface area contributed by atoms with Crippen molar-refractivity contribution < 1.29 is 13.9 Å². The lowest BCUT2D eigenvalue weighted by atomic mass is 10.2. The fourth-order valence-electron chi connectivity index (χ4n) is 2.79. The Hall–Kier alpha value is -3.15. The van der Waals surface area contributed by atoms with Gasteiger partial charge in [0.05, 0.1) is 25.1 Å². The van der Waals surface area contributed by atoms with Crippen LogP contribution in [0.5, 0.6) is 0 Å². The Morgan fingerprint density at radius 3 is 2.56 bits per heavy atom. The van der Waals surface area contributed by atoms with Crippen molar-refractivity contribution in [3.05, 3.63) is 77.5 Å². The van der Waals surface area contributed by atoms with Gasteiger partial charge in [-0.3, -0.25) is 0 Å². The Bertz CT molecular complexity index is 877. The Morgan fingerprint density at radius 2 is 1.81 bits per heavy atom. The second kappa shape index (κ2) is 8.98. The quantitative estimate of drug-likeness (QED) is 0.565. The minimum atomic E-state index is -0.321. The van der Waals surface area contributed by atoms with E-state index in [1.807, 2.05) is 55.5 Å². The van der Waals surface area contributed by atoms with Crippen LogP contribution in [0.25, 0.3) is 0 Å². The van der Waals surface area contributed by atoms with E-state index in [4.69, 9.17) is 9.15 Å². The van der Waals surface area contributed by atoms with Crippen LogP contribution in [0.15, 0.2) is 59.0 Å². The van der Waals surface area contributed by atoms with Crippen LogP contribution in [0.2, 0.25) is 0 Å². The fourth-order valence-corrected chi connectivity index (χ4v) is 2.79. The Labute approximate surface area is 158 Å². The van der Waals surface area contributed by atoms with E-state index in [1.165, 1.54) is 0 Å². The van der Waals surface area contributed by atoms with E-state index < -0.39 is 0 Å². The van der Waals surface area contributed by atoms with E-state index in [1.54, 1.807) is 13.0 Å². The topological polar surface area (TPSA) is 68.5 Å². The Kier molecular flexibility index (Phi) is 6.20. The maximum atomic E-state index is 12.0. The molecule has 3 aromatic rings. The van der Waals surface area contributed by atoms with Crippen molar-refractivity contribution in [1.29, 1.82) is 0 Å². The standard InChI is InChI=1S/C21H23N3O3/c1-3-24(18-12-8-11-17(14-18)21(25)26-4-2)15-20-23-22-19(27-20)13-16-9-6-5-7-10-16/h5-12,14H,3-4,13,15H2,1-2H3. The van der Waals surface area contributed by atoms with Crippen LogP contribution in [-0.2, 0) is 17.7 Å². The number of benzene rings is 2.